The molecule has 0 radical (unpaired) electrons. The third kappa shape index (κ3) is 2.74. The van der Waals surface area contributed by atoms with Gasteiger partial charge in [0.15, 0.2) is 0 Å². The highest BCUT2D eigenvalue weighted by molar-refractivity contribution is 5.57. The first-order valence-electron chi connectivity index (χ1n) is 6.70. The van der Waals surface area contributed by atoms with Crippen molar-refractivity contribution in [1.82, 2.24) is 15.1 Å². The van der Waals surface area contributed by atoms with Crippen molar-refractivity contribution in [2.45, 2.75) is 25.4 Å². The van der Waals surface area contributed by atoms with E-state index in [4.69, 9.17) is 0 Å². The van der Waals surface area contributed by atoms with Crippen molar-refractivity contribution < 1.29 is 0 Å². The molecule has 1 aliphatic heterocycles. The molecule has 3 rings (SSSR count). The van der Waals surface area contributed by atoms with E-state index in [1.807, 2.05) is 30.3 Å². The SMILES string of the molecule is O=c1ccc(-c2ccccc2)nn1CC1CCCN1. The molecule has 1 atom stereocenters. The Morgan fingerprint density at radius 3 is 2.79 bits per heavy atom. The predicted molar refractivity (Wildman–Crippen MR) is 75.0 cm³/mol. The number of nitrogens with zero attached hydrogens (tertiary/aromatic N) is 2. The van der Waals surface area contributed by atoms with Gasteiger partial charge < -0.3 is 5.32 Å². The summed E-state index contributed by atoms with van der Waals surface area (Å²) in [6.45, 7) is 1.69. The van der Waals surface area contributed by atoms with E-state index in [1.54, 1.807) is 16.8 Å². The zero-order valence-electron chi connectivity index (χ0n) is 10.7. The van der Waals surface area contributed by atoms with Crippen LogP contribution in [0.15, 0.2) is 47.3 Å². The lowest BCUT2D eigenvalue weighted by molar-refractivity contribution is 0.460. The lowest BCUT2D eigenvalue weighted by Gasteiger charge is -2.12. The van der Waals surface area contributed by atoms with Crippen molar-refractivity contribution in [3.63, 3.8) is 0 Å². The molecule has 4 heteroatoms. The second-order valence-electron chi connectivity index (χ2n) is 4.90. The number of rotatable bonds is 3. The number of benzene rings is 1. The van der Waals surface area contributed by atoms with E-state index in [-0.39, 0.29) is 5.56 Å². The van der Waals surface area contributed by atoms with Crippen molar-refractivity contribution >= 4 is 0 Å². The topological polar surface area (TPSA) is 46.9 Å². The Morgan fingerprint density at radius 1 is 1.21 bits per heavy atom. The third-order valence-electron chi connectivity index (χ3n) is 3.49. The Morgan fingerprint density at radius 2 is 2.05 bits per heavy atom. The van der Waals surface area contributed by atoms with Crippen LogP contribution in [0, 0.1) is 0 Å². The highest BCUT2D eigenvalue weighted by atomic mass is 16.1. The summed E-state index contributed by atoms with van der Waals surface area (Å²) in [6, 6.07) is 13.7. The van der Waals surface area contributed by atoms with E-state index in [1.165, 1.54) is 6.42 Å². The Balaban J connectivity index is 1.89. The van der Waals surface area contributed by atoms with Gasteiger partial charge >= 0.3 is 0 Å². The predicted octanol–water partition coefficient (Wildman–Crippen LogP) is 1.66. The van der Waals surface area contributed by atoms with E-state index < -0.39 is 0 Å². The Kier molecular flexibility index (Phi) is 3.42. The fourth-order valence-corrected chi connectivity index (χ4v) is 2.46. The zero-order valence-corrected chi connectivity index (χ0v) is 10.7. The maximum Gasteiger partial charge on any atom is 0.266 e. The molecule has 98 valence electrons. The monoisotopic (exact) mass is 255 g/mol. The van der Waals surface area contributed by atoms with Gasteiger partial charge in [0.1, 0.15) is 0 Å². The average molecular weight is 255 g/mol. The Hall–Kier alpha value is -1.94. The van der Waals surface area contributed by atoms with Crippen LogP contribution in [0.5, 0.6) is 0 Å². The summed E-state index contributed by atoms with van der Waals surface area (Å²) in [5, 5.41) is 7.86. The van der Waals surface area contributed by atoms with Crippen molar-refractivity contribution in [2.75, 3.05) is 6.54 Å². The molecule has 0 aliphatic carbocycles. The van der Waals surface area contributed by atoms with Crippen LogP contribution < -0.4 is 10.9 Å². The minimum Gasteiger partial charge on any atom is -0.312 e. The molecule has 0 bridgehead atoms. The molecule has 2 aromatic rings. The largest absolute Gasteiger partial charge is 0.312 e. The fraction of sp³-hybridized carbons (Fsp3) is 0.333. The molecule has 19 heavy (non-hydrogen) atoms. The van der Waals surface area contributed by atoms with Crippen molar-refractivity contribution in [3.8, 4) is 11.3 Å². The quantitative estimate of drug-likeness (QED) is 0.907. The summed E-state index contributed by atoms with van der Waals surface area (Å²) in [5.41, 5.74) is 1.85. The van der Waals surface area contributed by atoms with Gasteiger partial charge in [-0.05, 0) is 25.5 Å². The molecule has 1 aromatic heterocycles. The summed E-state index contributed by atoms with van der Waals surface area (Å²) >= 11 is 0. The van der Waals surface area contributed by atoms with E-state index in [0.29, 0.717) is 12.6 Å². The van der Waals surface area contributed by atoms with Gasteiger partial charge in [-0.1, -0.05) is 30.3 Å². The first-order chi connectivity index (χ1) is 9.33. The lowest BCUT2D eigenvalue weighted by Crippen LogP contribution is -2.33. The van der Waals surface area contributed by atoms with E-state index >= 15 is 0 Å². The molecular formula is C15H17N3O. The standard InChI is InChI=1S/C15H17N3O/c19-15-9-8-14(12-5-2-1-3-6-12)17-18(15)11-13-7-4-10-16-13/h1-3,5-6,8-9,13,16H,4,7,10-11H2. The average Bonchev–Trinajstić information content (AvgIpc) is 2.95. The number of hydrogen-bond acceptors (Lipinski definition) is 3. The van der Waals surface area contributed by atoms with Gasteiger partial charge in [-0.3, -0.25) is 4.79 Å². The van der Waals surface area contributed by atoms with Crippen molar-refractivity contribution in [3.05, 3.63) is 52.8 Å². The summed E-state index contributed by atoms with van der Waals surface area (Å²) in [7, 11) is 0. The van der Waals surface area contributed by atoms with Gasteiger partial charge in [0, 0.05) is 17.7 Å². The molecule has 2 heterocycles. The molecule has 1 unspecified atom stereocenters. The summed E-state index contributed by atoms with van der Waals surface area (Å²) < 4.78 is 1.57. The molecule has 1 N–H and O–H groups in total. The molecule has 0 amide bonds. The van der Waals surface area contributed by atoms with Crippen LogP contribution >= 0.6 is 0 Å². The number of nitrogens with one attached hydrogen (secondary N) is 1. The fourth-order valence-electron chi connectivity index (χ4n) is 2.46. The smallest absolute Gasteiger partial charge is 0.266 e. The molecule has 1 fully saturated rings. The zero-order chi connectivity index (χ0) is 13.1. The van der Waals surface area contributed by atoms with Crippen LogP contribution in [0.2, 0.25) is 0 Å². The summed E-state index contributed by atoms with van der Waals surface area (Å²) in [5.74, 6) is 0. The lowest BCUT2D eigenvalue weighted by atomic mass is 10.1. The Labute approximate surface area is 112 Å². The number of aromatic nitrogens is 2. The number of hydrogen-bond donors (Lipinski definition) is 1. The second kappa shape index (κ2) is 5.36. The van der Waals surface area contributed by atoms with Crippen LogP contribution in [0.1, 0.15) is 12.8 Å². The van der Waals surface area contributed by atoms with Crippen LogP contribution in [0.4, 0.5) is 0 Å². The van der Waals surface area contributed by atoms with Gasteiger partial charge in [-0.2, -0.15) is 5.10 Å². The first kappa shape index (κ1) is 12.1. The molecule has 1 aromatic carbocycles. The molecule has 0 spiro atoms. The molecule has 1 aliphatic rings. The molecular weight excluding hydrogens is 238 g/mol. The van der Waals surface area contributed by atoms with Gasteiger partial charge in [-0.25, -0.2) is 4.68 Å². The van der Waals surface area contributed by atoms with Crippen LogP contribution in [0.25, 0.3) is 11.3 Å². The van der Waals surface area contributed by atoms with E-state index in [9.17, 15) is 4.79 Å². The van der Waals surface area contributed by atoms with E-state index in [2.05, 4.69) is 10.4 Å². The van der Waals surface area contributed by atoms with E-state index in [0.717, 1.165) is 24.2 Å². The molecule has 0 saturated carbocycles. The van der Waals surface area contributed by atoms with Crippen LogP contribution in [-0.4, -0.2) is 22.4 Å². The first-order valence-corrected chi connectivity index (χ1v) is 6.70. The van der Waals surface area contributed by atoms with Crippen molar-refractivity contribution in [1.29, 1.82) is 0 Å². The minimum absolute atomic E-state index is 0.0339. The highest BCUT2D eigenvalue weighted by Crippen LogP contribution is 2.14. The summed E-state index contributed by atoms with van der Waals surface area (Å²) in [6.07, 6.45) is 2.29. The Bertz CT molecular complexity index is 600. The van der Waals surface area contributed by atoms with Gasteiger partial charge in [0.05, 0.1) is 12.2 Å². The minimum atomic E-state index is -0.0339. The highest BCUT2D eigenvalue weighted by Gasteiger charge is 2.15. The van der Waals surface area contributed by atoms with Gasteiger partial charge in [-0.15, -0.1) is 0 Å². The molecule has 4 nitrogen and oxygen atoms in total. The van der Waals surface area contributed by atoms with Crippen LogP contribution in [0.3, 0.4) is 0 Å². The summed E-state index contributed by atoms with van der Waals surface area (Å²) in [4.78, 5) is 11.9. The van der Waals surface area contributed by atoms with Gasteiger partial charge in [0.2, 0.25) is 0 Å². The molecule has 1 saturated heterocycles. The normalized spacial score (nSPS) is 18.6. The van der Waals surface area contributed by atoms with Crippen molar-refractivity contribution in [2.24, 2.45) is 0 Å². The second-order valence-corrected chi connectivity index (χ2v) is 4.90. The van der Waals surface area contributed by atoms with Crippen LogP contribution in [-0.2, 0) is 6.54 Å². The maximum atomic E-state index is 11.9. The third-order valence-corrected chi connectivity index (χ3v) is 3.49. The maximum absolute atomic E-state index is 11.9. The van der Waals surface area contributed by atoms with Gasteiger partial charge in [0.25, 0.3) is 5.56 Å².